The molecule has 0 aliphatic heterocycles. The van der Waals surface area contributed by atoms with Gasteiger partial charge in [0.1, 0.15) is 16.8 Å². The maximum atomic E-state index is 14.3. The normalized spacial score (nSPS) is 14.8. The highest BCUT2D eigenvalue weighted by Crippen LogP contribution is 2.33. The Kier molecular flexibility index (Phi) is 6.33. The summed E-state index contributed by atoms with van der Waals surface area (Å²) in [6.45, 7) is 5.71. The van der Waals surface area contributed by atoms with Crippen LogP contribution in [0.3, 0.4) is 0 Å². The molecule has 1 N–H and O–H groups in total. The molecule has 1 saturated carbocycles. The van der Waals surface area contributed by atoms with Crippen LogP contribution in [0.1, 0.15) is 32.3 Å². The molecule has 3 rings (SSSR count). The Balaban J connectivity index is 0.000000924. The molecule has 1 aliphatic rings. The van der Waals surface area contributed by atoms with E-state index in [9.17, 15) is 8.60 Å². The minimum atomic E-state index is -1.29. The minimum absolute atomic E-state index is 0.294. The van der Waals surface area contributed by atoms with Gasteiger partial charge in [0.05, 0.1) is 4.90 Å². The predicted octanol–water partition coefficient (Wildman–Crippen LogP) is 5.26. The summed E-state index contributed by atoms with van der Waals surface area (Å²) >= 11 is 6.19. The molecule has 5 heteroatoms. The number of hydrogen-bond acceptors (Lipinski definition) is 1. The van der Waals surface area contributed by atoms with Gasteiger partial charge in [-0.2, -0.15) is 0 Å². The first-order valence-electron chi connectivity index (χ1n) is 7.79. The van der Waals surface area contributed by atoms with Gasteiger partial charge in [0, 0.05) is 22.2 Å². The molecule has 0 aromatic heterocycles. The lowest BCUT2D eigenvalue weighted by Gasteiger charge is -2.10. The number of halogens is 2. The Hall–Kier alpha value is -1.23. The van der Waals surface area contributed by atoms with Crippen LogP contribution >= 0.6 is 11.6 Å². The Morgan fingerprint density at radius 1 is 1.17 bits per heavy atom. The summed E-state index contributed by atoms with van der Waals surface area (Å²) in [5, 5.41) is 0.451. The van der Waals surface area contributed by atoms with Crippen molar-refractivity contribution >= 4 is 22.6 Å². The number of nitrogens with one attached hydrogen (secondary N) is 1. The zero-order chi connectivity index (χ0) is 17.0. The van der Waals surface area contributed by atoms with E-state index in [0.717, 1.165) is 12.8 Å². The Morgan fingerprint density at radius 2 is 1.87 bits per heavy atom. The van der Waals surface area contributed by atoms with E-state index >= 15 is 0 Å². The van der Waals surface area contributed by atoms with Crippen molar-refractivity contribution in [3.8, 4) is 11.1 Å². The molecule has 0 radical (unpaired) electrons. The molecule has 1 aliphatic carbocycles. The Bertz CT molecular complexity index is 716. The van der Waals surface area contributed by atoms with E-state index in [1.165, 1.54) is 0 Å². The van der Waals surface area contributed by atoms with Crippen molar-refractivity contribution < 1.29 is 8.60 Å². The van der Waals surface area contributed by atoms with Crippen molar-refractivity contribution in [3.63, 3.8) is 0 Å². The van der Waals surface area contributed by atoms with Crippen molar-refractivity contribution in [2.24, 2.45) is 0 Å². The first-order chi connectivity index (χ1) is 11.1. The van der Waals surface area contributed by atoms with E-state index in [1.807, 2.05) is 13.8 Å². The Labute approximate surface area is 144 Å². The SMILES string of the molecule is CC.Cc1cccc(-c2cc(S(=O)NC3CC3)ccc2Cl)c1F. The summed E-state index contributed by atoms with van der Waals surface area (Å²) < 4.78 is 29.5. The monoisotopic (exact) mass is 353 g/mol. The topological polar surface area (TPSA) is 29.1 Å². The zero-order valence-electron chi connectivity index (χ0n) is 13.5. The molecule has 0 bridgehead atoms. The molecule has 23 heavy (non-hydrogen) atoms. The van der Waals surface area contributed by atoms with Crippen molar-refractivity contribution in [1.29, 1.82) is 0 Å². The summed E-state index contributed by atoms with van der Waals surface area (Å²) in [4.78, 5) is 0.613. The minimum Gasteiger partial charge on any atom is -0.237 e. The summed E-state index contributed by atoms with van der Waals surface area (Å²) in [6, 6.07) is 10.6. The van der Waals surface area contributed by atoms with Crippen LogP contribution in [0.2, 0.25) is 5.02 Å². The largest absolute Gasteiger partial charge is 0.237 e. The van der Waals surface area contributed by atoms with Gasteiger partial charge in [0.25, 0.3) is 0 Å². The lowest BCUT2D eigenvalue weighted by molar-refractivity contribution is 0.622. The van der Waals surface area contributed by atoms with Crippen LogP contribution in [0.4, 0.5) is 4.39 Å². The number of benzene rings is 2. The van der Waals surface area contributed by atoms with Crippen molar-refractivity contribution in [2.75, 3.05) is 0 Å². The van der Waals surface area contributed by atoms with E-state index in [1.54, 1.807) is 43.3 Å². The first kappa shape index (κ1) is 18.1. The highest BCUT2D eigenvalue weighted by Gasteiger charge is 2.24. The number of rotatable bonds is 4. The fourth-order valence-electron chi connectivity index (χ4n) is 2.10. The van der Waals surface area contributed by atoms with Crippen LogP contribution in [0.15, 0.2) is 41.3 Å². The van der Waals surface area contributed by atoms with Gasteiger partial charge in [0.15, 0.2) is 0 Å². The molecule has 2 nitrogen and oxygen atoms in total. The second kappa shape index (κ2) is 8.04. The van der Waals surface area contributed by atoms with Gasteiger partial charge in [-0.3, -0.25) is 0 Å². The fraction of sp³-hybridized carbons (Fsp3) is 0.333. The maximum absolute atomic E-state index is 14.3. The summed E-state index contributed by atoms with van der Waals surface area (Å²) in [5.74, 6) is -0.294. The molecule has 1 atom stereocenters. The fourth-order valence-corrected chi connectivity index (χ4v) is 3.41. The van der Waals surface area contributed by atoms with Crippen LogP contribution in [0.5, 0.6) is 0 Å². The molecule has 1 unspecified atom stereocenters. The third kappa shape index (κ3) is 4.40. The van der Waals surface area contributed by atoms with E-state index in [-0.39, 0.29) is 5.82 Å². The van der Waals surface area contributed by atoms with Gasteiger partial charge in [0.2, 0.25) is 0 Å². The van der Waals surface area contributed by atoms with E-state index in [0.29, 0.717) is 32.7 Å². The van der Waals surface area contributed by atoms with E-state index < -0.39 is 11.0 Å². The molecular weight excluding hydrogens is 333 g/mol. The first-order valence-corrected chi connectivity index (χ1v) is 9.32. The number of hydrogen-bond donors (Lipinski definition) is 1. The van der Waals surface area contributed by atoms with Gasteiger partial charge in [-0.1, -0.05) is 43.6 Å². The predicted molar refractivity (Wildman–Crippen MR) is 95.5 cm³/mol. The molecule has 2 aromatic carbocycles. The number of aryl methyl sites for hydroxylation is 1. The quantitative estimate of drug-likeness (QED) is 0.798. The third-order valence-corrected chi connectivity index (χ3v) is 5.04. The third-order valence-electron chi connectivity index (χ3n) is 3.48. The molecule has 0 spiro atoms. The van der Waals surface area contributed by atoms with Crippen molar-refractivity contribution in [2.45, 2.75) is 44.6 Å². The van der Waals surface area contributed by atoms with E-state index in [4.69, 9.17) is 11.6 Å². The van der Waals surface area contributed by atoms with Crippen LogP contribution < -0.4 is 4.72 Å². The van der Waals surface area contributed by atoms with Gasteiger partial charge in [-0.05, 0) is 43.5 Å². The molecular formula is C18H21ClFNOS. The van der Waals surface area contributed by atoms with Gasteiger partial charge in [-0.25, -0.2) is 13.3 Å². The van der Waals surface area contributed by atoms with Gasteiger partial charge >= 0.3 is 0 Å². The van der Waals surface area contributed by atoms with Crippen LogP contribution in [0.25, 0.3) is 11.1 Å². The lowest BCUT2D eigenvalue weighted by atomic mass is 10.0. The lowest BCUT2D eigenvalue weighted by Crippen LogP contribution is -2.19. The second-order valence-corrected chi connectivity index (χ2v) is 6.89. The maximum Gasteiger partial charge on any atom is 0.133 e. The van der Waals surface area contributed by atoms with E-state index in [2.05, 4.69) is 4.72 Å². The molecule has 0 heterocycles. The zero-order valence-corrected chi connectivity index (χ0v) is 15.1. The standard InChI is InChI=1S/C16H15ClFNOS.C2H6/c1-10-3-2-4-13(16(10)18)14-9-12(7-8-15(14)17)21(20)19-11-5-6-11;1-2/h2-4,7-9,11,19H,5-6H2,1H3;1-2H3. The highest BCUT2D eigenvalue weighted by molar-refractivity contribution is 7.83. The van der Waals surface area contributed by atoms with Crippen molar-refractivity contribution in [3.05, 3.63) is 52.8 Å². The van der Waals surface area contributed by atoms with Crippen LogP contribution in [-0.4, -0.2) is 10.3 Å². The summed E-state index contributed by atoms with van der Waals surface area (Å²) in [6.07, 6.45) is 2.11. The summed E-state index contributed by atoms with van der Waals surface area (Å²) in [5.41, 5.74) is 1.57. The molecule has 0 saturated heterocycles. The summed E-state index contributed by atoms with van der Waals surface area (Å²) in [7, 11) is -1.29. The smallest absolute Gasteiger partial charge is 0.133 e. The van der Waals surface area contributed by atoms with Gasteiger partial charge < -0.3 is 0 Å². The van der Waals surface area contributed by atoms with Crippen LogP contribution in [-0.2, 0) is 11.0 Å². The highest BCUT2D eigenvalue weighted by atomic mass is 35.5. The Morgan fingerprint density at radius 3 is 2.52 bits per heavy atom. The molecule has 2 aromatic rings. The average Bonchev–Trinajstić information content (AvgIpc) is 3.37. The average molecular weight is 354 g/mol. The second-order valence-electron chi connectivity index (χ2n) is 5.24. The molecule has 0 amide bonds. The molecule has 1 fully saturated rings. The molecule has 124 valence electrons. The van der Waals surface area contributed by atoms with Gasteiger partial charge in [-0.15, -0.1) is 0 Å². The van der Waals surface area contributed by atoms with Crippen molar-refractivity contribution in [1.82, 2.24) is 4.72 Å². The van der Waals surface area contributed by atoms with Crippen LogP contribution in [0, 0.1) is 12.7 Å².